The van der Waals surface area contributed by atoms with Crippen LogP contribution in [0.4, 0.5) is 4.39 Å². The van der Waals surface area contributed by atoms with E-state index in [0.717, 1.165) is 28.5 Å². The van der Waals surface area contributed by atoms with Crippen LogP contribution < -0.4 is 11.2 Å². The van der Waals surface area contributed by atoms with Crippen molar-refractivity contribution >= 4 is 34.8 Å². The summed E-state index contributed by atoms with van der Waals surface area (Å²) in [6, 6.07) is 4.78. The van der Waals surface area contributed by atoms with Crippen molar-refractivity contribution in [2.24, 2.45) is 16.8 Å². The molecule has 1 heterocycles. The SMILES string of the molecule is CN(C)CC1CSc2ccc(F)cc2C1=NNC(N)=S. The highest BCUT2D eigenvalue weighted by molar-refractivity contribution is 7.99. The Morgan fingerprint density at radius 2 is 2.35 bits per heavy atom. The Morgan fingerprint density at radius 1 is 1.60 bits per heavy atom. The molecule has 1 aromatic rings. The van der Waals surface area contributed by atoms with Crippen LogP contribution in [0.15, 0.2) is 28.2 Å². The van der Waals surface area contributed by atoms with Crippen molar-refractivity contribution in [1.82, 2.24) is 10.3 Å². The van der Waals surface area contributed by atoms with Gasteiger partial charge in [0.1, 0.15) is 5.82 Å². The molecular formula is C13H17FN4S2. The van der Waals surface area contributed by atoms with Crippen LogP contribution in [0.25, 0.3) is 0 Å². The molecule has 7 heteroatoms. The molecule has 0 aromatic heterocycles. The molecule has 0 saturated heterocycles. The standard InChI is InChI=1S/C13H17FN4S2/c1-18(2)6-8-7-20-11-4-3-9(14)5-10(11)12(8)16-17-13(15)19/h3-5,8H,6-7H2,1-2H3,(H3,15,17,19). The molecule has 2 rings (SSSR count). The Hall–Kier alpha value is -1.18. The predicted molar refractivity (Wildman–Crippen MR) is 85.6 cm³/mol. The van der Waals surface area contributed by atoms with Crippen molar-refractivity contribution in [3.8, 4) is 0 Å². The number of halogens is 1. The minimum absolute atomic E-state index is 0.109. The first-order valence-corrected chi connectivity index (χ1v) is 7.57. The van der Waals surface area contributed by atoms with Crippen LogP contribution in [0.1, 0.15) is 5.56 Å². The van der Waals surface area contributed by atoms with Gasteiger partial charge in [-0.05, 0) is 44.5 Å². The Labute approximate surface area is 127 Å². The lowest BCUT2D eigenvalue weighted by Gasteiger charge is -2.28. The van der Waals surface area contributed by atoms with E-state index in [4.69, 9.17) is 18.0 Å². The predicted octanol–water partition coefficient (Wildman–Crippen LogP) is 1.65. The Balaban J connectivity index is 2.39. The number of rotatable bonds is 3. The van der Waals surface area contributed by atoms with E-state index in [1.54, 1.807) is 17.8 Å². The monoisotopic (exact) mass is 312 g/mol. The van der Waals surface area contributed by atoms with Gasteiger partial charge in [-0.2, -0.15) is 5.10 Å². The minimum Gasteiger partial charge on any atom is -0.375 e. The van der Waals surface area contributed by atoms with E-state index >= 15 is 0 Å². The first kappa shape index (κ1) is 15.2. The summed E-state index contributed by atoms with van der Waals surface area (Å²) in [4.78, 5) is 3.12. The second-order valence-corrected chi connectivity index (χ2v) is 6.39. The molecule has 0 saturated carbocycles. The number of thioether (sulfide) groups is 1. The van der Waals surface area contributed by atoms with Crippen LogP contribution in [0.2, 0.25) is 0 Å². The van der Waals surface area contributed by atoms with Crippen LogP contribution in [0.5, 0.6) is 0 Å². The van der Waals surface area contributed by atoms with Crippen molar-refractivity contribution in [3.63, 3.8) is 0 Å². The second kappa shape index (κ2) is 6.51. The zero-order valence-corrected chi connectivity index (χ0v) is 13.0. The summed E-state index contributed by atoms with van der Waals surface area (Å²) in [6.45, 7) is 0.834. The number of thiocarbonyl (C=S) groups is 1. The fourth-order valence-corrected chi connectivity index (χ4v) is 3.34. The van der Waals surface area contributed by atoms with Crippen molar-refractivity contribution in [1.29, 1.82) is 0 Å². The fraction of sp³-hybridized carbons (Fsp3) is 0.385. The van der Waals surface area contributed by atoms with E-state index < -0.39 is 0 Å². The van der Waals surface area contributed by atoms with Crippen LogP contribution in [-0.4, -0.2) is 42.1 Å². The second-order valence-electron chi connectivity index (χ2n) is 4.88. The molecule has 1 unspecified atom stereocenters. The van der Waals surface area contributed by atoms with Gasteiger partial charge in [-0.1, -0.05) is 0 Å². The van der Waals surface area contributed by atoms with Gasteiger partial charge in [0.25, 0.3) is 0 Å². The molecule has 0 amide bonds. The summed E-state index contributed by atoms with van der Waals surface area (Å²) in [7, 11) is 4.01. The van der Waals surface area contributed by atoms with E-state index in [-0.39, 0.29) is 16.8 Å². The molecule has 0 fully saturated rings. The molecule has 0 radical (unpaired) electrons. The van der Waals surface area contributed by atoms with Crippen molar-refractivity contribution in [3.05, 3.63) is 29.6 Å². The van der Waals surface area contributed by atoms with E-state index in [0.29, 0.717) is 0 Å². The molecule has 4 nitrogen and oxygen atoms in total. The third kappa shape index (κ3) is 3.68. The fourth-order valence-electron chi connectivity index (χ4n) is 2.16. The number of hydrazone groups is 1. The van der Waals surface area contributed by atoms with Gasteiger partial charge in [0.05, 0.1) is 5.71 Å². The first-order valence-electron chi connectivity index (χ1n) is 6.18. The third-order valence-corrected chi connectivity index (χ3v) is 4.24. The maximum absolute atomic E-state index is 13.5. The number of benzene rings is 1. The molecule has 0 aliphatic carbocycles. The summed E-state index contributed by atoms with van der Waals surface area (Å²) in [5, 5.41) is 4.40. The summed E-state index contributed by atoms with van der Waals surface area (Å²) >= 11 is 6.50. The maximum Gasteiger partial charge on any atom is 0.184 e. The van der Waals surface area contributed by atoms with E-state index in [1.807, 2.05) is 14.1 Å². The van der Waals surface area contributed by atoms with Gasteiger partial charge in [-0.15, -0.1) is 11.8 Å². The number of fused-ring (bicyclic) bond motifs is 1. The smallest absolute Gasteiger partial charge is 0.184 e. The van der Waals surface area contributed by atoms with Crippen LogP contribution in [0, 0.1) is 11.7 Å². The van der Waals surface area contributed by atoms with Crippen LogP contribution in [-0.2, 0) is 0 Å². The van der Waals surface area contributed by atoms with Crippen LogP contribution >= 0.6 is 24.0 Å². The zero-order valence-electron chi connectivity index (χ0n) is 11.4. The van der Waals surface area contributed by atoms with Crippen molar-refractivity contribution < 1.29 is 4.39 Å². The van der Waals surface area contributed by atoms with E-state index in [9.17, 15) is 4.39 Å². The normalized spacial score (nSPS) is 20.0. The van der Waals surface area contributed by atoms with Gasteiger partial charge in [0.2, 0.25) is 0 Å². The topological polar surface area (TPSA) is 53.6 Å². The van der Waals surface area contributed by atoms with Gasteiger partial charge < -0.3 is 10.6 Å². The van der Waals surface area contributed by atoms with Crippen molar-refractivity contribution in [2.45, 2.75) is 4.90 Å². The average Bonchev–Trinajstić information content (AvgIpc) is 2.36. The molecule has 1 aliphatic rings. The van der Waals surface area contributed by atoms with Gasteiger partial charge >= 0.3 is 0 Å². The van der Waals surface area contributed by atoms with Gasteiger partial charge in [0.15, 0.2) is 5.11 Å². The van der Waals surface area contributed by atoms with Gasteiger partial charge in [0, 0.05) is 28.7 Å². The van der Waals surface area contributed by atoms with Crippen molar-refractivity contribution in [2.75, 3.05) is 26.4 Å². The number of nitrogens with one attached hydrogen (secondary N) is 1. The minimum atomic E-state index is -0.266. The van der Waals surface area contributed by atoms with Crippen LogP contribution in [0.3, 0.4) is 0 Å². The molecule has 1 aromatic carbocycles. The molecule has 3 N–H and O–H groups in total. The first-order chi connectivity index (χ1) is 9.47. The highest BCUT2D eigenvalue weighted by Gasteiger charge is 2.27. The quantitative estimate of drug-likeness (QED) is 0.656. The van der Waals surface area contributed by atoms with Gasteiger partial charge in [-0.3, -0.25) is 5.43 Å². The number of nitrogens with zero attached hydrogens (tertiary/aromatic N) is 2. The Kier molecular flexibility index (Phi) is 4.95. The van der Waals surface area contributed by atoms with Gasteiger partial charge in [-0.25, -0.2) is 4.39 Å². The third-order valence-electron chi connectivity index (χ3n) is 2.92. The molecule has 108 valence electrons. The zero-order chi connectivity index (χ0) is 14.7. The largest absolute Gasteiger partial charge is 0.375 e. The summed E-state index contributed by atoms with van der Waals surface area (Å²) in [5.41, 5.74) is 9.68. The molecule has 0 spiro atoms. The van der Waals surface area contributed by atoms with E-state index in [1.165, 1.54) is 12.1 Å². The summed E-state index contributed by atoms with van der Waals surface area (Å²) in [6.07, 6.45) is 0. The lowest BCUT2D eigenvalue weighted by atomic mass is 9.97. The van der Waals surface area contributed by atoms with E-state index in [2.05, 4.69) is 15.4 Å². The summed E-state index contributed by atoms with van der Waals surface area (Å²) < 4.78 is 13.5. The number of hydrogen-bond donors (Lipinski definition) is 2. The maximum atomic E-state index is 13.5. The number of nitrogens with two attached hydrogens (primary N) is 1. The lowest BCUT2D eigenvalue weighted by molar-refractivity contribution is 0.382. The Bertz CT molecular complexity index is 545. The molecule has 1 aliphatic heterocycles. The molecular weight excluding hydrogens is 295 g/mol. The highest BCUT2D eigenvalue weighted by Crippen LogP contribution is 2.34. The molecule has 0 bridgehead atoms. The lowest BCUT2D eigenvalue weighted by Crippen LogP contribution is -2.35. The average molecular weight is 312 g/mol. The molecule has 20 heavy (non-hydrogen) atoms. The number of hydrogen-bond acceptors (Lipinski definition) is 4. The summed E-state index contributed by atoms with van der Waals surface area (Å²) in [5.74, 6) is 0.832. The Morgan fingerprint density at radius 3 is 3.00 bits per heavy atom. The molecule has 1 atom stereocenters. The highest BCUT2D eigenvalue weighted by atomic mass is 32.2.